The van der Waals surface area contributed by atoms with Gasteiger partial charge in [-0.15, -0.1) is 0 Å². The highest BCUT2D eigenvalue weighted by Gasteiger charge is 2.26. The number of allylic oxidation sites excluding steroid dienone is 2. The molecule has 3 unspecified atom stereocenters. The van der Waals surface area contributed by atoms with Crippen LogP contribution in [0.25, 0.3) is 0 Å². The van der Waals surface area contributed by atoms with E-state index in [2.05, 4.69) is 31.3 Å². The van der Waals surface area contributed by atoms with Gasteiger partial charge in [0.05, 0.1) is 18.8 Å². The van der Waals surface area contributed by atoms with Gasteiger partial charge in [0.25, 0.3) is 0 Å². The fraction of sp³-hybridized carbons (Fsp3) is 0.940. The number of nitrogens with one attached hydrogen (secondary N) is 1. The number of aliphatic hydroxyl groups excluding tert-OH is 3. The third-order valence-corrected chi connectivity index (χ3v) is 11.9. The molecule has 0 aliphatic carbocycles. The minimum Gasteiger partial charge on any atom is -0.394 e. The van der Waals surface area contributed by atoms with Crippen molar-refractivity contribution in [3.05, 3.63) is 12.2 Å². The van der Waals surface area contributed by atoms with Gasteiger partial charge in [-0.1, -0.05) is 244 Å². The van der Waals surface area contributed by atoms with E-state index < -0.39 is 18.2 Å². The van der Waals surface area contributed by atoms with E-state index in [1.165, 1.54) is 212 Å². The van der Waals surface area contributed by atoms with Crippen molar-refractivity contribution >= 4 is 5.91 Å². The van der Waals surface area contributed by atoms with Gasteiger partial charge in [-0.3, -0.25) is 4.79 Å². The Balaban J connectivity index is 3.42. The molecule has 0 aromatic rings. The number of aliphatic hydroxyl groups is 3. The molecule has 55 heavy (non-hydrogen) atoms. The van der Waals surface area contributed by atoms with Crippen molar-refractivity contribution in [3.8, 4) is 0 Å². The number of hydrogen-bond acceptors (Lipinski definition) is 4. The summed E-state index contributed by atoms with van der Waals surface area (Å²) in [6.45, 7) is 4.14. The van der Waals surface area contributed by atoms with Gasteiger partial charge in [0, 0.05) is 6.42 Å². The average molecular weight is 778 g/mol. The monoisotopic (exact) mass is 778 g/mol. The third kappa shape index (κ3) is 41.1. The molecule has 4 N–H and O–H groups in total. The first kappa shape index (κ1) is 54.1. The van der Waals surface area contributed by atoms with Crippen molar-refractivity contribution < 1.29 is 20.1 Å². The lowest BCUT2D eigenvalue weighted by atomic mass is 10.0. The highest BCUT2D eigenvalue weighted by Crippen LogP contribution is 2.17. The van der Waals surface area contributed by atoms with E-state index in [0.717, 1.165) is 38.5 Å². The van der Waals surface area contributed by atoms with Gasteiger partial charge in [-0.2, -0.15) is 0 Å². The van der Waals surface area contributed by atoms with Crippen molar-refractivity contribution in [3.63, 3.8) is 0 Å². The van der Waals surface area contributed by atoms with Crippen LogP contribution >= 0.6 is 0 Å². The lowest BCUT2D eigenvalue weighted by Gasteiger charge is -2.26. The van der Waals surface area contributed by atoms with Gasteiger partial charge in [0.2, 0.25) is 5.91 Å². The minimum absolute atomic E-state index is 0.151. The summed E-state index contributed by atoms with van der Waals surface area (Å²) in [4.78, 5) is 12.4. The summed E-state index contributed by atoms with van der Waals surface area (Å²) < 4.78 is 0. The molecule has 328 valence electrons. The molecule has 0 rings (SSSR count). The molecule has 0 saturated carbocycles. The molecule has 5 heteroatoms. The predicted octanol–water partition coefficient (Wildman–Crippen LogP) is 14.8. The highest BCUT2D eigenvalue weighted by atomic mass is 16.3. The van der Waals surface area contributed by atoms with Crippen molar-refractivity contribution in [1.82, 2.24) is 5.32 Å². The molecule has 0 spiro atoms. The Morgan fingerprint density at radius 3 is 1.05 bits per heavy atom. The second-order valence-electron chi connectivity index (χ2n) is 17.4. The average Bonchev–Trinajstić information content (AvgIpc) is 3.19. The second-order valence-corrected chi connectivity index (χ2v) is 17.4. The van der Waals surface area contributed by atoms with E-state index in [0.29, 0.717) is 12.8 Å². The van der Waals surface area contributed by atoms with Crippen molar-refractivity contribution in [1.29, 1.82) is 0 Å². The molecule has 0 radical (unpaired) electrons. The molecule has 3 atom stereocenters. The fourth-order valence-electron chi connectivity index (χ4n) is 7.99. The van der Waals surface area contributed by atoms with Crippen molar-refractivity contribution in [2.45, 2.75) is 295 Å². The minimum atomic E-state index is -1.15. The van der Waals surface area contributed by atoms with Crippen LogP contribution < -0.4 is 5.32 Å². The Morgan fingerprint density at radius 2 is 0.727 bits per heavy atom. The third-order valence-electron chi connectivity index (χ3n) is 11.9. The summed E-state index contributed by atoms with van der Waals surface area (Å²) >= 11 is 0. The van der Waals surface area contributed by atoms with Crippen LogP contribution in [0.3, 0.4) is 0 Å². The number of rotatable bonds is 46. The lowest BCUT2D eigenvalue weighted by molar-refractivity contribution is -0.124. The highest BCUT2D eigenvalue weighted by molar-refractivity contribution is 5.76. The first-order valence-corrected chi connectivity index (χ1v) is 25.0. The maximum atomic E-state index is 12.4. The zero-order valence-corrected chi connectivity index (χ0v) is 37.3. The van der Waals surface area contributed by atoms with Gasteiger partial charge in [-0.25, -0.2) is 0 Å². The molecule has 0 heterocycles. The largest absolute Gasteiger partial charge is 0.394 e. The number of carbonyl (C=O) groups is 1. The van der Waals surface area contributed by atoms with Crippen LogP contribution in [0, 0.1) is 0 Å². The van der Waals surface area contributed by atoms with Crippen molar-refractivity contribution in [2.75, 3.05) is 6.61 Å². The van der Waals surface area contributed by atoms with Crippen LogP contribution in [0.5, 0.6) is 0 Å². The SMILES string of the molecule is CCCCCC/C=C/CCCC(O)C(O)C(CO)NC(=O)CCCCCCCCCCCCCCCCCCCCCCCCCCCCCCCCCC. The Morgan fingerprint density at radius 1 is 0.436 bits per heavy atom. The molecule has 0 fully saturated rings. The zero-order valence-electron chi connectivity index (χ0n) is 37.3. The molecule has 0 aliphatic rings. The fourth-order valence-corrected chi connectivity index (χ4v) is 7.99. The summed E-state index contributed by atoms with van der Waals surface area (Å²) in [5, 5.41) is 33.4. The van der Waals surface area contributed by atoms with E-state index in [4.69, 9.17) is 0 Å². The lowest BCUT2D eigenvalue weighted by Crippen LogP contribution is -2.50. The second kappa shape index (κ2) is 45.8. The summed E-state index contributed by atoms with van der Waals surface area (Å²) in [6.07, 6.45) is 55.2. The molecule has 0 bridgehead atoms. The van der Waals surface area contributed by atoms with Crippen LogP contribution in [-0.4, -0.2) is 46.1 Å². The van der Waals surface area contributed by atoms with Crippen LogP contribution in [0.1, 0.15) is 277 Å². The topological polar surface area (TPSA) is 89.8 Å². The molecule has 0 aromatic heterocycles. The van der Waals surface area contributed by atoms with Crippen LogP contribution in [0.2, 0.25) is 0 Å². The number of unbranched alkanes of at least 4 members (excludes halogenated alkanes) is 36. The first-order valence-electron chi connectivity index (χ1n) is 25.0. The van der Waals surface area contributed by atoms with Gasteiger partial charge in [0.1, 0.15) is 6.10 Å². The summed E-state index contributed by atoms with van der Waals surface area (Å²) in [5.41, 5.74) is 0. The standard InChI is InChI=1S/C50H99NO4/c1-3-5-7-9-11-13-14-15-16-17-18-19-20-21-22-23-24-25-26-27-28-29-30-31-32-33-34-35-37-39-41-43-45-49(54)51-47(46-52)50(55)48(53)44-42-40-38-36-12-10-8-6-4-2/h36,38,47-48,50,52-53,55H,3-35,37,39-46H2,1-2H3,(H,51,54)/b38-36+. The molecular weight excluding hydrogens is 679 g/mol. The van der Waals surface area contributed by atoms with Gasteiger partial charge in [-0.05, 0) is 38.5 Å². The number of amides is 1. The zero-order chi connectivity index (χ0) is 40.1. The summed E-state index contributed by atoms with van der Waals surface area (Å²) in [5.74, 6) is -0.151. The van der Waals surface area contributed by atoms with E-state index in [9.17, 15) is 20.1 Å². The summed E-state index contributed by atoms with van der Waals surface area (Å²) in [6, 6.07) is -0.820. The Labute approximate surface area is 344 Å². The van der Waals surface area contributed by atoms with Crippen molar-refractivity contribution in [2.24, 2.45) is 0 Å². The van der Waals surface area contributed by atoms with Gasteiger partial charge in [0.15, 0.2) is 0 Å². The molecule has 5 nitrogen and oxygen atoms in total. The molecule has 0 aliphatic heterocycles. The Hall–Kier alpha value is -0.910. The van der Waals surface area contributed by atoms with Gasteiger partial charge < -0.3 is 20.6 Å². The van der Waals surface area contributed by atoms with E-state index in [1.54, 1.807) is 0 Å². The van der Waals surface area contributed by atoms with E-state index in [1.807, 2.05) is 0 Å². The number of carbonyl (C=O) groups excluding carboxylic acids is 1. The maximum absolute atomic E-state index is 12.4. The maximum Gasteiger partial charge on any atom is 0.220 e. The van der Waals surface area contributed by atoms with E-state index in [-0.39, 0.29) is 12.5 Å². The van der Waals surface area contributed by atoms with Crippen LogP contribution in [-0.2, 0) is 4.79 Å². The van der Waals surface area contributed by atoms with Crippen LogP contribution in [0.4, 0.5) is 0 Å². The Kier molecular flexibility index (Phi) is 45.0. The predicted molar refractivity (Wildman–Crippen MR) is 241 cm³/mol. The normalized spacial score (nSPS) is 13.5. The molecular formula is C50H99NO4. The van der Waals surface area contributed by atoms with E-state index >= 15 is 0 Å². The Bertz CT molecular complexity index is 773. The van der Waals surface area contributed by atoms with Crippen LogP contribution in [0.15, 0.2) is 12.2 Å². The smallest absolute Gasteiger partial charge is 0.220 e. The number of hydrogen-bond donors (Lipinski definition) is 4. The van der Waals surface area contributed by atoms with Gasteiger partial charge >= 0.3 is 0 Å². The molecule has 0 saturated heterocycles. The molecule has 0 aromatic carbocycles. The summed E-state index contributed by atoms with van der Waals surface area (Å²) in [7, 11) is 0. The quantitative estimate of drug-likeness (QED) is 0.0366. The molecule has 1 amide bonds. The first-order chi connectivity index (χ1) is 27.1.